The number of ether oxygens (including phenoxy) is 2. The first kappa shape index (κ1) is 30.6. The zero-order valence-corrected chi connectivity index (χ0v) is 19.2. The quantitative estimate of drug-likeness (QED) is 0.449. The molecule has 2 aliphatic heterocycles. The van der Waals surface area contributed by atoms with Crippen LogP contribution in [0.4, 0.5) is 26.3 Å². The second-order valence-corrected chi connectivity index (χ2v) is 8.38. The number of pyridine rings is 1. The van der Waals surface area contributed by atoms with Gasteiger partial charge in [-0.1, -0.05) is 6.07 Å². The van der Waals surface area contributed by atoms with Gasteiger partial charge in [0.15, 0.2) is 0 Å². The Morgan fingerprint density at radius 3 is 2.14 bits per heavy atom. The Bertz CT molecular complexity index is 798. The topological polar surface area (TPSA) is 109 Å². The number of halogens is 6. The third-order valence-corrected chi connectivity index (χ3v) is 5.07. The summed E-state index contributed by atoms with van der Waals surface area (Å²) in [6.45, 7) is 6.68. The highest BCUT2D eigenvalue weighted by atomic mass is 19.4. The molecule has 1 atom stereocenters. The molecule has 8 nitrogen and oxygen atoms in total. The molecule has 1 aromatic heterocycles. The van der Waals surface area contributed by atoms with E-state index in [0.717, 1.165) is 38.6 Å². The van der Waals surface area contributed by atoms with Crippen LogP contribution in [0.15, 0.2) is 18.5 Å². The molecule has 0 bridgehead atoms. The van der Waals surface area contributed by atoms with Gasteiger partial charge < -0.3 is 24.6 Å². The van der Waals surface area contributed by atoms with Gasteiger partial charge in [-0.3, -0.25) is 4.98 Å². The van der Waals surface area contributed by atoms with E-state index in [1.807, 2.05) is 12.4 Å². The summed E-state index contributed by atoms with van der Waals surface area (Å²) in [5.41, 5.74) is 2.52. The maximum absolute atomic E-state index is 10.6. The average molecular weight is 518 g/mol. The maximum atomic E-state index is 10.6. The Balaban J connectivity index is 0.000000362. The third kappa shape index (κ3) is 11.7. The van der Waals surface area contributed by atoms with Gasteiger partial charge in [0.25, 0.3) is 0 Å². The molecule has 35 heavy (non-hydrogen) atoms. The number of likely N-dealkylation sites (N-methyl/N-ethyl adjacent to an activating group) is 1. The number of rotatable bonds is 5. The molecule has 1 unspecified atom stereocenters. The van der Waals surface area contributed by atoms with E-state index in [4.69, 9.17) is 29.3 Å². The highest BCUT2D eigenvalue weighted by molar-refractivity contribution is 5.73. The molecule has 0 amide bonds. The summed E-state index contributed by atoms with van der Waals surface area (Å²) in [7, 11) is 2.16. The van der Waals surface area contributed by atoms with Gasteiger partial charge in [-0.25, -0.2) is 9.59 Å². The van der Waals surface area contributed by atoms with E-state index in [9.17, 15) is 26.3 Å². The smallest absolute Gasteiger partial charge is 0.475 e. The number of hydrogen-bond donors (Lipinski definition) is 2. The monoisotopic (exact) mass is 518 g/mol. The summed E-state index contributed by atoms with van der Waals surface area (Å²) in [5, 5.41) is 14.2. The molecule has 1 spiro atoms. The molecule has 2 N–H and O–H groups in total. The van der Waals surface area contributed by atoms with Gasteiger partial charge in [0.2, 0.25) is 0 Å². The zero-order chi connectivity index (χ0) is 26.9. The predicted octanol–water partition coefficient (Wildman–Crippen LogP) is 3.67. The molecule has 2 saturated heterocycles. The molecule has 0 aromatic carbocycles. The van der Waals surface area contributed by atoms with Crippen molar-refractivity contribution in [3.05, 3.63) is 29.6 Å². The van der Waals surface area contributed by atoms with E-state index in [1.54, 1.807) is 0 Å². The second-order valence-electron chi connectivity index (χ2n) is 8.38. The Hall–Kier alpha value is -2.45. The number of aromatic nitrogens is 1. The largest absolute Gasteiger partial charge is 0.490 e. The summed E-state index contributed by atoms with van der Waals surface area (Å²) in [6, 6.07) is 2.14. The minimum atomic E-state index is -5.08. The van der Waals surface area contributed by atoms with Gasteiger partial charge >= 0.3 is 24.3 Å². The predicted molar refractivity (Wildman–Crippen MR) is 110 cm³/mol. The third-order valence-electron chi connectivity index (χ3n) is 5.07. The molecule has 1 aromatic rings. The molecule has 0 radical (unpaired) electrons. The molecule has 3 heterocycles. The number of aliphatic carboxylic acids is 2. The van der Waals surface area contributed by atoms with Crippen molar-refractivity contribution in [2.24, 2.45) is 5.92 Å². The molecular weight excluding hydrogens is 490 g/mol. The second kappa shape index (κ2) is 13.0. The first-order chi connectivity index (χ1) is 16.0. The lowest BCUT2D eigenvalue weighted by molar-refractivity contribution is -0.193. The van der Waals surface area contributed by atoms with Crippen molar-refractivity contribution in [2.75, 3.05) is 33.4 Å². The lowest BCUT2D eigenvalue weighted by Gasteiger charge is -2.52. The number of carboxylic acid groups (broad SMARTS) is 2. The lowest BCUT2D eigenvalue weighted by atomic mass is 9.79. The summed E-state index contributed by atoms with van der Waals surface area (Å²) < 4.78 is 75.3. The maximum Gasteiger partial charge on any atom is 0.490 e. The molecular formula is C21H28F6N2O6. The Labute approximate surface area is 197 Å². The first-order valence-electron chi connectivity index (χ1n) is 10.4. The number of likely N-dealkylation sites (tertiary alicyclic amines) is 1. The van der Waals surface area contributed by atoms with Crippen LogP contribution >= 0.6 is 0 Å². The minimum Gasteiger partial charge on any atom is -0.475 e. The first-order valence-corrected chi connectivity index (χ1v) is 10.4. The van der Waals surface area contributed by atoms with Gasteiger partial charge in [0.1, 0.15) is 0 Å². The zero-order valence-electron chi connectivity index (χ0n) is 19.2. The summed E-state index contributed by atoms with van der Waals surface area (Å²) in [5.74, 6) is -4.76. The van der Waals surface area contributed by atoms with E-state index >= 15 is 0 Å². The van der Waals surface area contributed by atoms with E-state index in [1.165, 1.54) is 24.0 Å². The highest BCUT2D eigenvalue weighted by Crippen LogP contribution is 2.37. The van der Waals surface area contributed by atoms with Gasteiger partial charge in [-0.2, -0.15) is 26.3 Å². The van der Waals surface area contributed by atoms with Crippen molar-refractivity contribution in [3.63, 3.8) is 0 Å². The molecule has 200 valence electrons. The van der Waals surface area contributed by atoms with Crippen LogP contribution in [-0.4, -0.2) is 83.3 Å². The average Bonchev–Trinajstić information content (AvgIpc) is 2.70. The molecule has 14 heteroatoms. The van der Waals surface area contributed by atoms with Crippen LogP contribution in [0, 0.1) is 12.8 Å². The number of alkyl halides is 6. The van der Waals surface area contributed by atoms with Crippen LogP contribution < -0.4 is 0 Å². The van der Waals surface area contributed by atoms with E-state index in [-0.39, 0.29) is 5.60 Å². The van der Waals surface area contributed by atoms with Gasteiger partial charge in [-0.15, -0.1) is 0 Å². The van der Waals surface area contributed by atoms with Crippen molar-refractivity contribution in [2.45, 2.75) is 50.7 Å². The van der Waals surface area contributed by atoms with E-state index < -0.39 is 24.3 Å². The van der Waals surface area contributed by atoms with Gasteiger partial charge in [0.05, 0.1) is 12.2 Å². The van der Waals surface area contributed by atoms with Crippen LogP contribution in [0.25, 0.3) is 0 Å². The Morgan fingerprint density at radius 2 is 1.69 bits per heavy atom. The summed E-state index contributed by atoms with van der Waals surface area (Å²) >= 11 is 0. The summed E-state index contributed by atoms with van der Waals surface area (Å²) in [6.07, 6.45) is -2.87. The fraction of sp³-hybridized carbons (Fsp3) is 0.667. The summed E-state index contributed by atoms with van der Waals surface area (Å²) in [4.78, 5) is 24.3. The van der Waals surface area contributed by atoms with Crippen LogP contribution in [0.3, 0.4) is 0 Å². The molecule has 0 aliphatic carbocycles. The number of carboxylic acids is 2. The van der Waals surface area contributed by atoms with Gasteiger partial charge in [-0.05, 0) is 50.3 Å². The van der Waals surface area contributed by atoms with Crippen LogP contribution in [0.5, 0.6) is 0 Å². The van der Waals surface area contributed by atoms with Crippen LogP contribution in [0.1, 0.15) is 30.4 Å². The SMILES string of the molecule is Cc1cncc(COCCC2CCOC3(C2)CN(C)C3)c1.O=C(O)C(F)(F)F.O=C(O)C(F)(F)F. The van der Waals surface area contributed by atoms with Crippen molar-refractivity contribution in [1.82, 2.24) is 9.88 Å². The number of aryl methyl sites for hydroxylation is 1. The Morgan fingerprint density at radius 1 is 1.14 bits per heavy atom. The number of hydrogen-bond acceptors (Lipinski definition) is 6. The highest BCUT2D eigenvalue weighted by Gasteiger charge is 2.45. The van der Waals surface area contributed by atoms with E-state index in [2.05, 4.69) is 29.9 Å². The number of carbonyl (C=O) groups is 2. The van der Waals surface area contributed by atoms with Crippen molar-refractivity contribution in [1.29, 1.82) is 0 Å². The fourth-order valence-electron chi connectivity index (χ4n) is 3.67. The van der Waals surface area contributed by atoms with Crippen LogP contribution in [0.2, 0.25) is 0 Å². The van der Waals surface area contributed by atoms with Crippen molar-refractivity contribution in [3.8, 4) is 0 Å². The van der Waals surface area contributed by atoms with E-state index in [0.29, 0.717) is 6.61 Å². The van der Waals surface area contributed by atoms with Crippen molar-refractivity contribution >= 4 is 11.9 Å². The van der Waals surface area contributed by atoms with Gasteiger partial charge in [0, 0.05) is 38.7 Å². The molecule has 2 aliphatic rings. The molecule has 3 rings (SSSR count). The lowest BCUT2D eigenvalue weighted by Crippen LogP contribution is -2.63. The minimum absolute atomic E-state index is 0.165. The molecule has 2 fully saturated rings. The molecule has 0 saturated carbocycles. The number of nitrogens with zero attached hydrogens (tertiary/aromatic N) is 2. The van der Waals surface area contributed by atoms with Crippen LogP contribution in [-0.2, 0) is 25.7 Å². The normalized spacial score (nSPS) is 19.5. The van der Waals surface area contributed by atoms with Crippen molar-refractivity contribution < 1.29 is 55.6 Å². The standard InChI is InChI=1S/C17H26N2O2.2C2HF3O2/c1-14-7-16(10-18-9-14)11-20-5-3-15-4-6-21-17(8-15)12-19(2)13-17;2*3-2(4,5)1(6)7/h7,9-10,15H,3-6,8,11-13H2,1-2H3;2*(H,6,7). The fourth-order valence-corrected chi connectivity index (χ4v) is 3.67. The Kier molecular flexibility index (Phi) is 11.4.